The highest BCUT2D eigenvalue weighted by Gasteiger charge is 2.43. The molecular weight excluding hydrogens is 538 g/mol. The summed E-state index contributed by atoms with van der Waals surface area (Å²) < 4.78 is 10.8. The van der Waals surface area contributed by atoms with Gasteiger partial charge in [-0.1, -0.05) is 41.0 Å². The van der Waals surface area contributed by atoms with Gasteiger partial charge in [-0.3, -0.25) is 0 Å². The van der Waals surface area contributed by atoms with Gasteiger partial charge in [0, 0.05) is 22.3 Å². The number of nitrogens with zero attached hydrogens (tertiary/aromatic N) is 1. The zero-order valence-corrected chi connectivity index (χ0v) is 21.4. The van der Waals surface area contributed by atoms with Gasteiger partial charge in [0.05, 0.1) is 13.2 Å². The van der Waals surface area contributed by atoms with Crippen molar-refractivity contribution in [3.8, 4) is 34.8 Å². The van der Waals surface area contributed by atoms with Crippen LogP contribution in [0, 0.1) is 23.7 Å². The second-order valence-electron chi connectivity index (χ2n) is 10.0. The Hall–Kier alpha value is -3.37. The van der Waals surface area contributed by atoms with Crippen LogP contribution in [0.4, 0.5) is 0 Å². The lowest BCUT2D eigenvalue weighted by atomic mass is 9.95. The molecule has 0 saturated carbocycles. The van der Waals surface area contributed by atoms with Gasteiger partial charge >= 0.3 is 0 Å². The summed E-state index contributed by atoms with van der Waals surface area (Å²) in [6, 6.07) is 10.4. The number of benzene rings is 2. The van der Waals surface area contributed by atoms with E-state index in [9.17, 15) is 46.1 Å². The van der Waals surface area contributed by atoms with Crippen molar-refractivity contribution in [3.63, 3.8) is 0 Å². The SMILES string of the molecule is OC[C@H]1O[C@H](C#Cc2ccc3c(c2)C(=NO)c2cc(C#C[C@H]4O[C@H](CO)[C@@H](O)[C@H](O)[C@@H]4O)ccc2-3)[C@@H](O)[C@@H](O)[C@@H]1O. The molecule has 2 heterocycles. The third kappa shape index (κ3) is 5.35. The van der Waals surface area contributed by atoms with E-state index >= 15 is 0 Å². The van der Waals surface area contributed by atoms with E-state index in [-0.39, 0.29) is 5.71 Å². The number of hydrogen-bond donors (Lipinski definition) is 9. The zero-order chi connectivity index (χ0) is 29.4. The molecule has 9 N–H and O–H groups in total. The van der Waals surface area contributed by atoms with Crippen LogP contribution in [0.5, 0.6) is 0 Å². The average molecular weight is 568 g/mol. The van der Waals surface area contributed by atoms with Gasteiger partial charge in [-0.2, -0.15) is 0 Å². The minimum absolute atomic E-state index is 0.253. The molecule has 3 aliphatic rings. The molecule has 2 fully saturated rings. The van der Waals surface area contributed by atoms with Gasteiger partial charge in [-0.15, -0.1) is 0 Å². The summed E-state index contributed by atoms with van der Waals surface area (Å²) in [5.41, 5.74) is 3.89. The van der Waals surface area contributed by atoms with Crippen molar-refractivity contribution in [2.45, 2.75) is 61.0 Å². The number of aliphatic hydroxyl groups is 8. The molecule has 5 rings (SSSR count). The van der Waals surface area contributed by atoms with Crippen LogP contribution in [0.1, 0.15) is 22.3 Å². The summed E-state index contributed by atoms with van der Waals surface area (Å²) in [4.78, 5) is 0. The first-order chi connectivity index (χ1) is 19.7. The van der Waals surface area contributed by atoms with E-state index in [0.29, 0.717) is 22.3 Å². The molecule has 0 spiro atoms. The topological polar surface area (TPSA) is 213 Å². The maximum absolute atomic E-state index is 10.2. The molecule has 0 amide bonds. The van der Waals surface area contributed by atoms with Crippen LogP contribution in [-0.4, -0.2) is 126 Å². The first-order valence-electron chi connectivity index (χ1n) is 12.8. The Morgan fingerprint density at radius 1 is 0.585 bits per heavy atom. The number of ether oxygens (including phenoxy) is 2. The normalized spacial score (nSPS) is 34.0. The van der Waals surface area contributed by atoms with Crippen molar-refractivity contribution in [2.75, 3.05) is 13.2 Å². The number of aliphatic hydroxyl groups excluding tert-OH is 8. The van der Waals surface area contributed by atoms with Gasteiger partial charge in [0.25, 0.3) is 0 Å². The highest BCUT2D eigenvalue weighted by molar-refractivity contribution is 6.24. The molecule has 12 nitrogen and oxygen atoms in total. The smallest absolute Gasteiger partial charge is 0.147 e. The monoisotopic (exact) mass is 567 g/mol. The Morgan fingerprint density at radius 2 is 1.00 bits per heavy atom. The lowest BCUT2D eigenvalue weighted by Gasteiger charge is -2.37. The quantitative estimate of drug-likeness (QED) is 0.0882. The van der Waals surface area contributed by atoms with Crippen molar-refractivity contribution in [2.24, 2.45) is 5.16 Å². The lowest BCUT2D eigenvalue weighted by Crippen LogP contribution is -2.58. The molecule has 0 radical (unpaired) electrons. The number of hydrogen-bond acceptors (Lipinski definition) is 12. The number of oxime groups is 1. The average Bonchev–Trinajstić information content (AvgIpc) is 3.30. The third-order valence-corrected chi connectivity index (χ3v) is 7.44. The molecule has 216 valence electrons. The van der Waals surface area contributed by atoms with Crippen LogP contribution < -0.4 is 0 Å². The molecule has 2 aromatic rings. The Morgan fingerprint density at radius 3 is 1.37 bits per heavy atom. The Kier molecular flexibility index (Phi) is 8.42. The molecule has 0 aromatic heterocycles. The molecule has 12 heteroatoms. The first-order valence-corrected chi connectivity index (χ1v) is 12.8. The fraction of sp³-hybridized carbons (Fsp3) is 0.414. The molecule has 2 aliphatic heterocycles. The van der Waals surface area contributed by atoms with Gasteiger partial charge in [-0.05, 0) is 35.4 Å². The van der Waals surface area contributed by atoms with Gasteiger partial charge in [-0.25, -0.2) is 0 Å². The van der Waals surface area contributed by atoms with E-state index in [1.807, 2.05) is 0 Å². The van der Waals surface area contributed by atoms with E-state index < -0.39 is 74.3 Å². The molecule has 2 saturated heterocycles. The second-order valence-corrected chi connectivity index (χ2v) is 10.0. The van der Waals surface area contributed by atoms with Crippen molar-refractivity contribution >= 4 is 5.71 Å². The summed E-state index contributed by atoms with van der Waals surface area (Å²) in [5.74, 6) is 11.1. The summed E-state index contributed by atoms with van der Waals surface area (Å²) in [6.07, 6.45) is -13.5. The Balaban J connectivity index is 1.38. The van der Waals surface area contributed by atoms with E-state index in [1.54, 1.807) is 36.4 Å². The molecule has 1 aliphatic carbocycles. The van der Waals surface area contributed by atoms with E-state index in [1.165, 1.54) is 0 Å². The predicted octanol–water partition coefficient (Wildman–Crippen LogP) is -2.72. The number of rotatable bonds is 2. The summed E-state index contributed by atoms with van der Waals surface area (Å²) in [5, 5.41) is 92.4. The maximum Gasteiger partial charge on any atom is 0.147 e. The third-order valence-electron chi connectivity index (χ3n) is 7.44. The van der Waals surface area contributed by atoms with Gasteiger partial charge in [0.2, 0.25) is 0 Å². The van der Waals surface area contributed by atoms with E-state index in [4.69, 9.17) is 9.47 Å². The van der Waals surface area contributed by atoms with Crippen LogP contribution in [-0.2, 0) is 9.47 Å². The highest BCUT2D eigenvalue weighted by atomic mass is 16.5. The largest absolute Gasteiger partial charge is 0.410 e. The van der Waals surface area contributed by atoms with Crippen molar-refractivity contribution in [3.05, 3.63) is 58.7 Å². The van der Waals surface area contributed by atoms with E-state index in [2.05, 4.69) is 28.8 Å². The summed E-state index contributed by atoms with van der Waals surface area (Å²) >= 11 is 0. The fourth-order valence-electron chi connectivity index (χ4n) is 5.11. The lowest BCUT2D eigenvalue weighted by molar-refractivity contribution is -0.214. The fourth-order valence-corrected chi connectivity index (χ4v) is 5.11. The van der Waals surface area contributed by atoms with Gasteiger partial charge < -0.3 is 55.5 Å². The van der Waals surface area contributed by atoms with E-state index in [0.717, 1.165) is 11.1 Å². The zero-order valence-electron chi connectivity index (χ0n) is 21.4. The standard InChI is InChI=1S/C29H29NO11/c31-11-21-26(35)28(37)24(33)19(40-21)7-3-13-1-5-15-16-6-2-14(10-18(16)23(30-39)17(15)9-13)4-8-20-25(34)29(38)27(36)22(12-32)41-20/h1-2,5-6,9-10,19-22,24-29,31-39H,11-12H2/t19-,20-,21-,22-,24-,25-,26-,27-,28-,29-/m1/s1. The van der Waals surface area contributed by atoms with Crippen LogP contribution in [0.3, 0.4) is 0 Å². The van der Waals surface area contributed by atoms with Crippen molar-refractivity contribution < 1.29 is 55.5 Å². The molecule has 10 atom stereocenters. The second kappa shape index (κ2) is 11.9. The van der Waals surface area contributed by atoms with Crippen LogP contribution in [0.15, 0.2) is 41.6 Å². The molecular formula is C29H29NO11. The highest BCUT2D eigenvalue weighted by Crippen LogP contribution is 2.38. The summed E-state index contributed by atoms with van der Waals surface area (Å²) in [6.45, 7) is -1.13. The van der Waals surface area contributed by atoms with Crippen molar-refractivity contribution in [1.82, 2.24) is 0 Å². The van der Waals surface area contributed by atoms with Gasteiger partial charge in [0.15, 0.2) is 0 Å². The Labute approximate surface area is 234 Å². The molecule has 0 unspecified atom stereocenters. The predicted molar refractivity (Wildman–Crippen MR) is 141 cm³/mol. The van der Waals surface area contributed by atoms with Crippen molar-refractivity contribution in [1.29, 1.82) is 0 Å². The van der Waals surface area contributed by atoms with Crippen LogP contribution >= 0.6 is 0 Å². The minimum Gasteiger partial charge on any atom is -0.410 e. The van der Waals surface area contributed by atoms with Crippen LogP contribution in [0.25, 0.3) is 11.1 Å². The maximum atomic E-state index is 10.2. The summed E-state index contributed by atoms with van der Waals surface area (Å²) in [7, 11) is 0. The molecule has 41 heavy (non-hydrogen) atoms. The molecule has 2 aromatic carbocycles. The first kappa shape index (κ1) is 29.1. The minimum atomic E-state index is -1.54. The number of fused-ring (bicyclic) bond motifs is 3. The van der Waals surface area contributed by atoms with Gasteiger partial charge in [0.1, 0.15) is 66.8 Å². The Bertz CT molecular complexity index is 1340. The molecule has 0 bridgehead atoms. The van der Waals surface area contributed by atoms with Crippen LogP contribution in [0.2, 0.25) is 0 Å².